The molecule has 1 heterocycles. The van der Waals surface area contributed by atoms with Crippen LogP contribution in [0.4, 0.5) is 0 Å². The van der Waals surface area contributed by atoms with Crippen molar-refractivity contribution in [2.75, 3.05) is 0 Å². The first-order valence-electron chi connectivity index (χ1n) is 13.1. The van der Waals surface area contributed by atoms with Crippen LogP contribution >= 0.6 is 0 Å². The number of carboxylic acids is 1. The van der Waals surface area contributed by atoms with Crippen LogP contribution in [0.25, 0.3) is 0 Å². The predicted molar refractivity (Wildman–Crippen MR) is 120 cm³/mol. The lowest BCUT2D eigenvalue weighted by Crippen LogP contribution is -2.59. The molecule has 2 spiro atoms. The van der Waals surface area contributed by atoms with Gasteiger partial charge in [-0.15, -0.1) is 0 Å². The van der Waals surface area contributed by atoms with Gasteiger partial charge in [-0.3, -0.25) is 0 Å². The van der Waals surface area contributed by atoms with Gasteiger partial charge in [0.15, 0.2) is 6.10 Å². The van der Waals surface area contributed by atoms with Gasteiger partial charge < -0.3 is 20.1 Å². The highest BCUT2D eigenvalue weighted by Crippen LogP contribution is 2.89. The zero-order chi connectivity index (χ0) is 23.1. The summed E-state index contributed by atoms with van der Waals surface area (Å²) in [5.41, 5.74) is 0.286. The number of fused-ring (bicyclic) bond motifs is 4. The molecule has 12 atom stereocenters. The summed E-state index contributed by atoms with van der Waals surface area (Å²) in [4.78, 5) is 11.8. The van der Waals surface area contributed by atoms with E-state index < -0.39 is 18.2 Å². The van der Waals surface area contributed by atoms with Crippen molar-refractivity contribution in [3.05, 3.63) is 0 Å². The van der Waals surface area contributed by atoms with Crippen molar-refractivity contribution < 1.29 is 24.9 Å². The van der Waals surface area contributed by atoms with Crippen molar-refractivity contribution >= 4 is 5.97 Å². The quantitative estimate of drug-likeness (QED) is 0.561. The standard InChI is InChI=1S/C27H42O5/c1-14-12-15(22(30)31)32-20-19(14)24(4)10-11-27-13-26(27)9-8-18(28)23(2,3)16(26)6-7-17(27)25(24,5)21(20)29/h14-21,28-29H,6-13H2,1-5H3,(H,30,31)/t14-,15?,16+,17+,18?,19?,20?,21+,24-,25-,26?,27+/m1/s1. The molecule has 0 aromatic carbocycles. The van der Waals surface area contributed by atoms with Crippen molar-refractivity contribution in [3.63, 3.8) is 0 Å². The van der Waals surface area contributed by atoms with Gasteiger partial charge in [-0.25, -0.2) is 4.79 Å². The van der Waals surface area contributed by atoms with Gasteiger partial charge in [0.1, 0.15) is 0 Å². The minimum absolute atomic E-state index is 0.0315. The lowest BCUT2D eigenvalue weighted by Gasteiger charge is -2.63. The zero-order valence-electron chi connectivity index (χ0n) is 20.4. The summed E-state index contributed by atoms with van der Waals surface area (Å²) in [5, 5.41) is 32.4. The number of rotatable bonds is 1. The molecule has 5 saturated carbocycles. The number of carbonyl (C=O) groups is 1. The van der Waals surface area contributed by atoms with Crippen molar-refractivity contribution in [2.24, 2.45) is 50.7 Å². The summed E-state index contributed by atoms with van der Waals surface area (Å²) in [5.74, 6) is 0.575. The summed E-state index contributed by atoms with van der Waals surface area (Å²) in [7, 11) is 0. The number of aliphatic carboxylic acids is 1. The van der Waals surface area contributed by atoms with Gasteiger partial charge in [0.05, 0.1) is 18.3 Å². The van der Waals surface area contributed by atoms with Crippen LogP contribution < -0.4 is 0 Å². The van der Waals surface area contributed by atoms with E-state index in [1.54, 1.807) is 0 Å². The second-order valence-electron chi connectivity index (χ2n) is 13.9. The average molecular weight is 447 g/mol. The molecule has 180 valence electrons. The molecule has 1 saturated heterocycles. The Hall–Kier alpha value is -0.650. The molecule has 32 heavy (non-hydrogen) atoms. The molecule has 0 bridgehead atoms. The highest BCUT2D eigenvalue weighted by Gasteiger charge is 2.84. The molecule has 5 aliphatic carbocycles. The third-order valence-corrected chi connectivity index (χ3v) is 13.1. The molecule has 6 fully saturated rings. The number of hydrogen-bond acceptors (Lipinski definition) is 4. The minimum atomic E-state index is -0.895. The van der Waals surface area contributed by atoms with E-state index in [2.05, 4.69) is 34.6 Å². The Morgan fingerprint density at radius 1 is 0.938 bits per heavy atom. The fraction of sp³-hybridized carbons (Fsp3) is 0.963. The van der Waals surface area contributed by atoms with Crippen LogP contribution in [0.5, 0.6) is 0 Å². The molecule has 0 amide bonds. The number of hydrogen-bond donors (Lipinski definition) is 3. The lowest BCUT2D eigenvalue weighted by atomic mass is 9.41. The van der Waals surface area contributed by atoms with Crippen LogP contribution in [0.15, 0.2) is 0 Å². The number of carboxylic acid groups (broad SMARTS) is 1. The maximum Gasteiger partial charge on any atom is 0.332 e. The maximum absolute atomic E-state index is 11.9. The summed E-state index contributed by atoms with van der Waals surface area (Å²) in [6.07, 6.45) is 6.41. The highest BCUT2D eigenvalue weighted by molar-refractivity contribution is 5.72. The van der Waals surface area contributed by atoms with Gasteiger partial charge in [0.25, 0.3) is 0 Å². The van der Waals surface area contributed by atoms with Gasteiger partial charge in [0, 0.05) is 5.41 Å². The number of ether oxygens (including phenoxy) is 1. The molecule has 6 rings (SSSR count). The first kappa shape index (κ1) is 21.9. The normalized spacial score (nSPS) is 62.1. The SMILES string of the molecule is C[C@@H]1CC(C(=O)O)OC2C1[C@@]1(C)CC[C@@]34CC35CCC(O)C(C)(C)[C@@H]5CC[C@H]4[C@]1(C)[C@H]2O. The number of aliphatic hydroxyl groups is 2. The van der Waals surface area contributed by atoms with Crippen LogP contribution in [-0.4, -0.2) is 45.7 Å². The molecule has 0 radical (unpaired) electrons. The third-order valence-electron chi connectivity index (χ3n) is 13.1. The van der Waals surface area contributed by atoms with Gasteiger partial charge in [-0.05, 0) is 96.7 Å². The average Bonchev–Trinajstić information content (AvgIpc) is 3.36. The van der Waals surface area contributed by atoms with E-state index in [0.717, 1.165) is 32.1 Å². The van der Waals surface area contributed by atoms with Crippen molar-refractivity contribution in [1.29, 1.82) is 0 Å². The first-order valence-corrected chi connectivity index (χ1v) is 13.1. The monoisotopic (exact) mass is 446 g/mol. The maximum atomic E-state index is 11.9. The second kappa shape index (κ2) is 6.12. The molecular formula is C27H42O5. The number of aliphatic hydroxyl groups excluding tert-OH is 2. The Morgan fingerprint density at radius 2 is 1.59 bits per heavy atom. The molecule has 1 aliphatic heterocycles. The molecule has 5 heteroatoms. The Morgan fingerprint density at radius 3 is 2.28 bits per heavy atom. The van der Waals surface area contributed by atoms with Crippen molar-refractivity contribution in [2.45, 2.75) is 110 Å². The Balaban J connectivity index is 1.40. The van der Waals surface area contributed by atoms with Gasteiger partial charge in [-0.2, -0.15) is 0 Å². The molecule has 3 N–H and O–H groups in total. The lowest BCUT2D eigenvalue weighted by molar-refractivity contribution is -0.183. The van der Waals surface area contributed by atoms with E-state index >= 15 is 0 Å². The van der Waals surface area contributed by atoms with Crippen LogP contribution in [0, 0.1) is 50.7 Å². The summed E-state index contributed by atoms with van der Waals surface area (Å²) in [6, 6.07) is 0. The minimum Gasteiger partial charge on any atom is -0.479 e. The third kappa shape index (κ3) is 2.13. The van der Waals surface area contributed by atoms with E-state index in [9.17, 15) is 20.1 Å². The van der Waals surface area contributed by atoms with E-state index in [0.29, 0.717) is 23.7 Å². The Labute approximate surface area is 192 Å². The van der Waals surface area contributed by atoms with E-state index in [4.69, 9.17) is 4.74 Å². The molecule has 5 unspecified atom stereocenters. The van der Waals surface area contributed by atoms with Crippen LogP contribution in [0.3, 0.4) is 0 Å². The summed E-state index contributed by atoms with van der Waals surface area (Å²) >= 11 is 0. The molecule has 0 aromatic rings. The topological polar surface area (TPSA) is 87.0 Å². The summed E-state index contributed by atoms with van der Waals surface area (Å²) in [6.45, 7) is 11.5. The highest BCUT2D eigenvalue weighted by atomic mass is 16.5. The van der Waals surface area contributed by atoms with E-state index in [1.165, 1.54) is 12.8 Å². The van der Waals surface area contributed by atoms with E-state index in [-0.39, 0.29) is 45.7 Å². The zero-order valence-corrected chi connectivity index (χ0v) is 20.4. The second-order valence-corrected chi connectivity index (χ2v) is 13.9. The molecule has 0 aromatic heterocycles. The van der Waals surface area contributed by atoms with Gasteiger partial charge >= 0.3 is 5.97 Å². The van der Waals surface area contributed by atoms with Crippen LogP contribution in [0.2, 0.25) is 0 Å². The smallest absolute Gasteiger partial charge is 0.332 e. The fourth-order valence-electron chi connectivity index (χ4n) is 11.4. The van der Waals surface area contributed by atoms with Gasteiger partial charge in [-0.1, -0.05) is 34.6 Å². The van der Waals surface area contributed by atoms with Crippen LogP contribution in [0.1, 0.15) is 86.0 Å². The Bertz CT molecular complexity index is 855. The Kier molecular flexibility index (Phi) is 4.18. The predicted octanol–water partition coefficient (Wildman–Crippen LogP) is 4.25. The van der Waals surface area contributed by atoms with Crippen molar-refractivity contribution in [1.82, 2.24) is 0 Å². The molecule has 5 nitrogen and oxygen atoms in total. The molecular weight excluding hydrogens is 404 g/mol. The van der Waals surface area contributed by atoms with Gasteiger partial charge in [0.2, 0.25) is 0 Å². The molecule has 6 aliphatic rings. The van der Waals surface area contributed by atoms with Crippen LogP contribution in [-0.2, 0) is 9.53 Å². The van der Waals surface area contributed by atoms with E-state index in [1.807, 2.05) is 0 Å². The summed E-state index contributed by atoms with van der Waals surface area (Å²) < 4.78 is 6.17. The largest absolute Gasteiger partial charge is 0.479 e. The first-order chi connectivity index (χ1) is 14.9. The van der Waals surface area contributed by atoms with Crippen molar-refractivity contribution in [3.8, 4) is 0 Å². The fourth-order valence-corrected chi connectivity index (χ4v) is 11.4.